The topological polar surface area (TPSA) is 12.0 Å². The Balaban J connectivity index is 1.88. The van der Waals surface area contributed by atoms with Crippen LogP contribution in [0.4, 0.5) is 0 Å². The maximum Gasteiger partial charge on any atom is 0.0287 e. The first-order chi connectivity index (χ1) is 10.1. The molecule has 2 aliphatic rings. The van der Waals surface area contributed by atoms with E-state index in [1.165, 1.54) is 51.4 Å². The van der Waals surface area contributed by atoms with Gasteiger partial charge in [0.2, 0.25) is 0 Å². The maximum absolute atomic E-state index is 3.99. The smallest absolute Gasteiger partial charge is 0.0287 e. The zero-order chi connectivity index (χ0) is 15.2. The predicted molar refractivity (Wildman–Crippen MR) is 93.4 cm³/mol. The summed E-state index contributed by atoms with van der Waals surface area (Å²) in [5.74, 6) is 3.49. The molecule has 1 fully saturated rings. The minimum Gasteiger partial charge on any atom is -0.307 e. The minimum atomic E-state index is 0.666. The highest BCUT2D eigenvalue weighted by Gasteiger charge is 2.33. The van der Waals surface area contributed by atoms with Crippen molar-refractivity contribution in [2.45, 2.75) is 91.1 Å². The molecule has 0 aromatic rings. The van der Waals surface area contributed by atoms with Crippen LogP contribution in [-0.4, -0.2) is 12.1 Å². The Morgan fingerprint density at radius 3 is 2.29 bits per heavy atom. The molecule has 2 rings (SSSR count). The molecule has 0 bridgehead atoms. The van der Waals surface area contributed by atoms with Gasteiger partial charge in [-0.15, -0.1) is 0 Å². The average molecular weight is 292 g/mol. The summed E-state index contributed by atoms with van der Waals surface area (Å²) < 4.78 is 0. The Morgan fingerprint density at radius 2 is 1.76 bits per heavy atom. The van der Waals surface area contributed by atoms with Crippen molar-refractivity contribution in [1.82, 2.24) is 5.32 Å². The number of hydrogen-bond acceptors (Lipinski definition) is 1. The molecule has 0 heterocycles. The van der Waals surface area contributed by atoms with Crippen LogP contribution in [0.1, 0.15) is 79.1 Å². The van der Waals surface area contributed by atoms with Crippen molar-refractivity contribution in [3.05, 3.63) is 12.2 Å². The van der Waals surface area contributed by atoms with Crippen LogP contribution in [0.15, 0.2) is 12.2 Å². The van der Waals surface area contributed by atoms with Crippen LogP contribution in [0.5, 0.6) is 0 Å². The third-order valence-electron chi connectivity index (χ3n) is 6.35. The number of hydrogen-bond donors (Lipinski definition) is 1. The molecular weight excluding hydrogens is 254 g/mol. The highest BCUT2D eigenvalue weighted by atomic mass is 15.0. The summed E-state index contributed by atoms with van der Waals surface area (Å²) in [6, 6.07) is 1.41. The van der Waals surface area contributed by atoms with Gasteiger partial charge in [-0.25, -0.2) is 0 Å². The summed E-state index contributed by atoms with van der Waals surface area (Å²) in [4.78, 5) is 0. The minimum absolute atomic E-state index is 0.666. The monoisotopic (exact) mass is 291 g/mol. The SMILES string of the molecule is CCC(C)CCC(C)C(C)C(NC1C=CC1)C1CCCC1. The van der Waals surface area contributed by atoms with Crippen molar-refractivity contribution in [3.63, 3.8) is 0 Å². The zero-order valence-electron chi connectivity index (χ0n) is 14.8. The van der Waals surface area contributed by atoms with Crippen molar-refractivity contribution in [2.75, 3.05) is 0 Å². The summed E-state index contributed by atoms with van der Waals surface area (Å²) in [5, 5.41) is 3.99. The molecule has 1 saturated carbocycles. The summed E-state index contributed by atoms with van der Waals surface area (Å²) >= 11 is 0. The van der Waals surface area contributed by atoms with Crippen molar-refractivity contribution in [3.8, 4) is 0 Å². The highest BCUT2D eigenvalue weighted by molar-refractivity contribution is 5.08. The molecule has 21 heavy (non-hydrogen) atoms. The first kappa shape index (κ1) is 17.1. The third kappa shape index (κ3) is 4.84. The van der Waals surface area contributed by atoms with E-state index in [0.717, 1.165) is 29.7 Å². The normalized spacial score (nSPS) is 28.1. The predicted octanol–water partition coefficient (Wildman–Crippen LogP) is 5.56. The van der Waals surface area contributed by atoms with Gasteiger partial charge in [-0.05, 0) is 42.9 Å². The van der Waals surface area contributed by atoms with E-state index in [-0.39, 0.29) is 0 Å². The first-order valence-corrected chi connectivity index (χ1v) is 9.54. The van der Waals surface area contributed by atoms with Crippen molar-refractivity contribution in [1.29, 1.82) is 0 Å². The van der Waals surface area contributed by atoms with Crippen LogP contribution in [-0.2, 0) is 0 Å². The molecule has 0 aliphatic heterocycles. The second-order valence-electron chi connectivity index (χ2n) is 7.93. The third-order valence-corrected chi connectivity index (χ3v) is 6.35. The van der Waals surface area contributed by atoms with E-state index in [2.05, 4.69) is 45.2 Å². The molecule has 0 spiro atoms. The van der Waals surface area contributed by atoms with Crippen molar-refractivity contribution >= 4 is 0 Å². The molecule has 0 radical (unpaired) electrons. The lowest BCUT2D eigenvalue weighted by atomic mass is 9.77. The van der Waals surface area contributed by atoms with Gasteiger partial charge in [0.1, 0.15) is 0 Å². The Labute approximate surface area is 133 Å². The first-order valence-electron chi connectivity index (χ1n) is 9.54. The fourth-order valence-corrected chi connectivity index (χ4v) is 4.04. The van der Waals surface area contributed by atoms with Crippen LogP contribution < -0.4 is 5.32 Å². The average Bonchev–Trinajstić information content (AvgIpc) is 2.96. The molecule has 5 unspecified atom stereocenters. The Morgan fingerprint density at radius 1 is 1.10 bits per heavy atom. The molecule has 1 N–H and O–H groups in total. The lowest BCUT2D eigenvalue weighted by Crippen LogP contribution is -2.48. The van der Waals surface area contributed by atoms with Gasteiger partial charge in [-0.3, -0.25) is 0 Å². The molecule has 1 nitrogen and oxygen atoms in total. The van der Waals surface area contributed by atoms with Crippen LogP contribution >= 0.6 is 0 Å². The maximum atomic E-state index is 3.99. The Bertz CT molecular complexity index is 316. The molecule has 122 valence electrons. The standard InChI is InChI=1S/C20H37N/c1-5-15(2)13-14-16(3)17(4)20(18-9-6-7-10-18)21-19-11-8-12-19/h8,11,15-21H,5-7,9-10,12-14H2,1-4H3. The van der Waals surface area contributed by atoms with Gasteiger partial charge < -0.3 is 5.32 Å². The van der Waals surface area contributed by atoms with E-state index in [9.17, 15) is 0 Å². The van der Waals surface area contributed by atoms with E-state index in [0.29, 0.717) is 6.04 Å². The quantitative estimate of drug-likeness (QED) is 0.548. The van der Waals surface area contributed by atoms with Gasteiger partial charge in [0.25, 0.3) is 0 Å². The Hall–Kier alpha value is -0.300. The number of nitrogens with one attached hydrogen (secondary N) is 1. The second kappa shape index (κ2) is 8.36. The summed E-state index contributed by atoms with van der Waals surface area (Å²) in [6.07, 6.45) is 15.9. The van der Waals surface area contributed by atoms with E-state index >= 15 is 0 Å². The summed E-state index contributed by atoms with van der Waals surface area (Å²) in [6.45, 7) is 9.74. The largest absolute Gasteiger partial charge is 0.307 e. The molecule has 2 aliphatic carbocycles. The molecule has 0 saturated heterocycles. The van der Waals surface area contributed by atoms with Crippen LogP contribution in [0.2, 0.25) is 0 Å². The fourth-order valence-electron chi connectivity index (χ4n) is 4.04. The molecule has 1 heteroatoms. The van der Waals surface area contributed by atoms with Crippen LogP contribution in [0, 0.1) is 23.7 Å². The lowest BCUT2D eigenvalue weighted by Gasteiger charge is -2.38. The molecule has 0 amide bonds. The lowest BCUT2D eigenvalue weighted by molar-refractivity contribution is 0.191. The molecule has 0 aromatic carbocycles. The van der Waals surface area contributed by atoms with Crippen molar-refractivity contribution in [2.24, 2.45) is 23.7 Å². The zero-order valence-corrected chi connectivity index (χ0v) is 14.8. The molecular formula is C20H37N. The van der Waals surface area contributed by atoms with E-state index in [1.54, 1.807) is 0 Å². The second-order valence-corrected chi connectivity index (χ2v) is 7.93. The van der Waals surface area contributed by atoms with Gasteiger partial charge in [0.05, 0.1) is 0 Å². The molecule has 0 aromatic heterocycles. The van der Waals surface area contributed by atoms with E-state index in [4.69, 9.17) is 0 Å². The van der Waals surface area contributed by atoms with Crippen LogP contribution in [0.25, 0.3) is 0 Å². The highest BCUT2D eigenvalue weighted by Crippen LogP contribution is 2.35. The summed E-state index contributed by atoms with van der Waals surface area (Å²) in [5.41, 5.74) is 0. The van der Waals surface area contributed by atoms with Gasteiger partial charge in [0.15, 0.2) is 0 Å². The fraction of sp³-hybridized carbons (Fsp3) is 0.900. The van der Waals surface area contributed by atoms with Gasteiger partial charge in [-0.1, -0.05) is 72.0 Å². The number of rotatable bonds is 9. The van der Waals surface area contributed by atoms with Crippen LogP contribution in [0.3, 0.4) is 0 Å². The summed E-state index contributed by atoms with van der Waals surface area (Å²) in [7, 11) is 0. The van der Waals surface area contributed by atoms with Gasteiger partial charge >= 0.3 is 0 Å². The van der Waals surface area contributed by atoms with Crippen molar-refractivity contribution < 1.29 is 0 Å². The Kier molecular flexibility index (Phi) is 6.79. The van der Waals surface area contributed by atoms with E-state index < -0.39 is 0 Å². The molecule has 5 atom stereocenters. The van der Waals surface area contributed by atoms with Gasteiger partial charge in [-0.2, -0.15) is 0 Å². The van der Waals surface area contributed by atoms with Gasteiger partial charge in [0, 0.05) is 12.1 Å². The van der Waals surface area contributed by atoms with E-state index in [1.807, 2.05) is 0 Å².